The lowest BCUT2D eigenvalue weighted by atomic mass is 9.84. The van der Waals surface area contributed by atoms with Gasteiger partial charge in [-0.3, -0.25) is 14.8 Å². The number of rotatable bonds is 7. The molecule has 2 atom stereocenters. The van der Waals surface area contributed by atoms with Crippen LogP contribution in [0.2, 0.25) is 0 Å². The molecule has 1 saturated heterocycles. The molecule has 0 bridgehead atoms. The summed E-state index contributed by atoms with van der Waals surface area (Å²) in [5, 5.41) is 6.53. The third-order valence-electron chi connectivity index (χ3n) is 9.09. The van der Waals surface area contributed by atoms with Gasteiger partial charge in [0, 0.05) is 49.8 Å². The van der Waals surface area contributed by atoms with Gasteiger partial charge in [-0.05, 0) is 68.2 Å². The number of hydrogen-bond donors (Lipinski definition) is 1. The molecule has 2 aromatic heterocycles. The van der Waals surface area contributed by atoms with Crippen LogP contribution < -0.4 is 15.1 Å². The SMILES string of the molecule is C=C1C(C(=O)Nc2ccc(Oc3ccnc4oc(CC5CCC6(CCOC6)C5)nc34)c(F)c2)=C(C)N(C)N1c1ccccc1. The Bertz CT molecular complexity index is 1780. The topological polar surface area (TPSA) is 93.0 Å². The second-order valence-corrected chi connectivity index (χ2v) is 12.0. The number of carbonyl (C=O) groups excluding carboxylic acids is 1. The molecule has 7 rings (SSSR count). The number of amides is 1. The molecule has 1 N–H and O–H groups in total. The molecule has 1 spiro atoms. The Morgan fingerprint density at radius 3 is 2.80 bits per heavy atom. The highest BCUT2D eigenvalue weighted by Gasteiger charge is 2.42. The van der Waals surface area contributed by atoms with Crippen LogP contribution >= 0.6 is 0 Å². The van der Waals surface area contributed by atoms with Gasteiger partial charge in [-0.25, -0.2) is 14.4 Å². The molecule has 1 saturated carbocycles. The van der Waals surface area contributed by atoms with E-state index >= 15 is 4.39 Å². The van der Waals surface area contributed by atoms with Gasteiger partial charge in [0.1, 0.15) is 0 Å². The molecule has 44 heavy (non-hydrogen) atoms. The Balaban J connectivity index is 1.04. The van der Waals surface area contributed by atoms with Crippen molar-refractivity contribution in [2.45, 2.75) is 39.0 Å². The molecule has 0 radical (unpaired) electrons. The van der Waals surface area contributed by atoms with E-state index < -0.39 is 5.82 Å². The van der Waals surface area contributed by atoms with Crippen LogP contribution in [0, 0.1) is 17.2 Å². The van der Waals surface area contributed by atoms with Gasteiger partial charge < -0.3 is 19.2 Å². The minimum absolute atomic E-state index is 0.00493. The highest BCUT2D eigenvalue weighted by molar-refractivity contribution is 6.08. The average molecular weight is 596 g/mol. The summed E-state index contributed by atoms with van der Waals surface area (Å²) in [6.45, 7) is 7.70. The number of nitrogens with one attached hydrogen (secondary N) is 1. The van der Waals surface area contributed by atoms with Gasteiger partial charge in [-0.15, -0.1) is 0 Å². The lowest BCUT2D eigenvalue weighted by Crippen LogP contribution is -2.32. The number of oxazole rings is 1. The van der Waals surface area contributed by atoms with Crippen LogP contribution in [-0.4, -0.2) is 41.1 Å². The second kappa shape index (κ2) is 11.1. The fourth-order valence-electron chi connectivity index (χ4n) is 6.75. The summed E-state index contributed by atoms with van der Waals surface area (Å²) in [5.74, 6) is 0.417. The molecule has 1 amide bonds. The molecule has 4 aromatic rings. The maximum Gasteiger partial charge on any atom is 0.259 e. The summed E-state index contributed by atoms with van der Waals surface area (Å²) in [6.07, 6.45) is 6.82. The summed E-state index contributed by atoms with van der Waals surface area (Å²) in [7, 11) is 1.86. The van der Waals surface area contributed by atoms with E-state index in [2.05, 4.69) is 21.9 Å². The van der Waals surface area contributed by atoms with E-state index in [0.717, 1.165) is 50.3 Å². The molecule has 2 aliphatic heterocycles. The molecule has 10 heteroatoms. The van der Waals surface area contributed by atoms with Crippen molar-refractivity contribution >= 4 is 28.5 Å². The van der Waals surface area contributed by atoms with Gasteiger partial charge in [0.25, 0.3) is 11.6 Å². The fourth-order valence-corrected chi connectivity index (χ4v) is 6.75. The number of anilines is 2. The Morgan fingerprint density at radius 2 is 2.02 bits per heavy atom. The first-order chi connectivity index (χ1) is 21.3. The number of ether oxygens (including phenoxy) is 2. The number of benzene rings is 2. The van der Waals surface area contributed by atoms with Gasteiger partial charge in [0.15, 0.2) is 28.7 Å². The Hall–Kier alpha value is -4.70. The number of para-hydroxylation sites is 1. The lowest BCUT2D eigenvalue weighted by Gasteiger charge is -2.29. The summed E-state index contributed by atoms with van der Waals surface area (Å²) < 4.78 is 32.9. The quantitative estimate of drug-likeness (QED) is 0.244. The van der Waals surface area contributed by atoms with Gasteiger partial charge >= 0.3 is 0 Å². The van der Waals surface area contributed by atoms with Crippen LogP contribution in [-0.2, 0) is 16.0 Å². The predicted octanol–water partition coefficient (Wildman–Crippen LogP) is 7.00. The molecule has 2 aromatic carbocycles. The lowest BCUT2D eigenvalue weighted by molar-refractivity contribution is -0.112. The van der Waals surface area contributed by atoms with Crippen molar-refractivity contribution in [2.24, 2.45) is 11.3 Å². The van der Waals surface area contributed by atoms with Crippen molar-refractivity contribution < 1.29 is 23.1 Å². The second-order valence-electron chi connectivity index (χ2n) is 12.0. The highest BCUT2D eigenvalue weighted by atomic mass is 19.1. The number of halogens is 1. The Morgan fingerprint density at radius 1 is 1.18 bits per heavy atom. The van der Waals surface area contributed by atoms with Crippen molar-refractivity contribution in [1.29, 1.82) is 0 Å². The van der Waals surface area contributed by atoms with Crippen LogP contribution in [0.25, 0.3) is 11.2 Å². The molecule has 1 aliphatic carbocycles. The maximum absolute atomic E-state index is 15.3. The summed E-state index contributed by atoms with van der Waals surface area (Å²) in [6, 6.07) is 15.6. The molecular formula is C34H34FN5O4. The average Bonchev–Trinajstić information content (AvgIpc) is 3.79. The van der Waals surface area contributed by atoms with Crippen LogP contribution in [0.15, 0.2) is 88.8 Å². The molecule has 4 heterocycles. The van der Waals surface area contributed by atoms with Crippen molar-refractivity contribution in [3.8, 4) is 11.5 Å². The van der Waals surface area contributed by atoms with Crippen molar-refractivity contribution in [1.82, 2.24) is 15.0 Å². The standard InChI is InChI=1S/C34H34FN5O4/c1-21-30(22(2)40(39(21)3)25-7-5-4-6-8-25)32(41)37-24-9-10-27(26(35)18-24)43-28-12-15-36-33-31(28)38-29(44-33)17-23-11-13-34(19-23)14-16-42-20-34/h4-10,12,15,18,23H,2,11,13-14,16-17,19-20H2,1,3H3,(H,37,41). The smallest absolute Gasteiger partial charge is 0.259 e. The minimum atomic E-state index is -0.634. The van der Waals surface area contributed by atoms with Crippen molar-refractivity contribution in [3.63, 3.8) is 0 Å². The largest absolute Gasteiger partial charge is 0.452 e. The van der Waals surface area contributed by atoms with Crippen LogP contribution in [0.1, 0.15) is 38.5 Å². The van der Waals surface area contributed by atoms with E-state index in [9.17, 15) is 4.79 Å². The molecule has 3 aliphatic rings. The van der Waals surface area contributed by atoms with Gasteiger partial charge in [-0.1, -0.05) is 24.8 Å². The number of hydrogen-bond acceptors (Lipinski definition) is 8. The van der Waals surface area contributed by atoms with Crippen LogP contribution in [0.4, 0.5) is 15.8 Å². The first-order valence-electron chi connectivity index (χ1n) is 14.9. The Kier molecular flexibility index (Phi) is 7.08. The number of nitrogens with zero attached hydrogens (tertiary/aromatic N) is 4. The number of allylic oxidation sites excluding steroid dienone is 1. The normalized spacial score (nSPS) is 21.7. The summed E-state index contributed by atoms with van der Waals surface area (Å²) >= 11 is 0. The number of hydrazine groups is 1. The molecular weight excluding hydrogens is 561 g/mol. The summed E-state index contributed by atoms with van der Waals surface area (Å²) in [4.78, 5) is 22.3. The number of fused-ring (bicyclic) bond motifs is 1. The van der Waals surface area contributed by atoms with Crippen LogP contribution in [0.3, 0.4) is 0 Å². The maximum atomic E-state index is 15.3. The van der Waals surface area contributed by atoms with E-state index in [1.54, 1.807) is 18.3 Å². The van der Waals surface area contributed by atoms with E-state index in [0.29, 0.717) is 51.2 Å². The first-order valence-corrected chi connectivity index (χ1v) is 14.9. The predicted molar refractivity (Wildman–Crippen MR) is 164 cm³/mol. The van der Waals surface area contributed by atoms with Crippen LogP contribution in [0.5, 0.6) is 11.5 Å². The first kappa shape index (κ1) is 28.1. The minimum Gasteiger partial charge on any atom is -0.452 e. The Labute approximate surface area is 254 Å². The van der Waals surface area contributed by atoms with Gasteiger partial charge in [0.05, 0.1) is 23.6 Å². The van der Waals surface area contributed by atoms with E-state index in [1.807, 2.05) is 54.3 Å². The van der Waals surface area contributed by atoms with Crippen molar-refractivity contribution in [3.05, 3.63) is 96.0 Å². The number of aromatic nitrogens is 2. The molecule has 226 valence electrons. The third kappa shape index (κ3) is 5.09. The van der Waals surface area contributed by atoms with E-state index in [4.69, 9.17) is 13.9 Å². The van der Waals surface area contributed by atoms with Gasteiger partial charge in [0.2, 0.25) is 0 Å². The molecule has 2 unspecified atom stereocenters. The fraction of sp³-hybridized carbons (Fsp3) is 0.324. The summed E-state index contributed by atoms with van der Waals surface area (Å²) in [5.41, 5.74) is 3.96. The monoisotopic (exact) mass is 595 g/mol. The van der Waals surface area contributed by atoms with E-state index in [1.165, 1.54) is 18.6 Å². The van der Waals surface area contributed by atoms with Crippen molar-refractivity contribution in [2.75, 3.05) is 30.6 Å². The molecule has 9 nitrogen and oxygen atoms in total. The highest BCUT2D eigenvalue weighted by Crippen LogP contribution is 2.48. The van der Waals surface area contributed by atoms with E-state index in [-0.39, 0.29) is 11.7 Å². The zero-order valence-corrected chi connectivity index (χ0v) is 24.8. The molecule has 2 fully saturated rings. The zero-order chi connectivity index (χ0) is 30.4. The third-order valence-corrected chi connectivity index (χ3v) is 9.09. The zero-order valence-electron chi connectivity index (χ0n) is 24.8. The number of carbonyl (C=O) groups is 1. The number of pyridine rings is 1. The van der Waals surface area contributed by atoms with Gasteiger partial charge in [-0.2, -0.15) is 0 Å².